The van der Waals surface area contributed by atoms with Gasteiger partial charge in [0.2, 0.25) is 10.0 Å². The van der Waals surface area contributed by atoms with Gasteiger partial charge in [0.15, 0.2) is 0 Å². The number of aryl methyl sites for hydroxylation is 1. The second-order valence-corrected chi connectivity index (χ2v) is 14.6. The molecule has 0 bridgehead atoms. The first-order chi connectivity index (χ1) is 20.1. The third-order valence-corrected chi connectivity index (χ3v) is 11.1. The topological polar surface area (TPSA) is 95.9 Å². The molecule has 0 N–H and O–H groups in total. The van der Waals surface area contributed by atoms with Gasteiger partial charge in [0.1, 0.15) is 12.0 Å². The van der Waals surface area contributed by atoms with Gasteiger partial charge in [0.25, 0.3) is 5.91 Å². The average molecular weight is 618 g/mol. The number of hydrogen-bond donors (Lipinski definition) is 0. The fraction of sp³-hybridized carbons (Fsp3) is 0.645. The number of nitrogens with zero attached hydrogens (tertiary/aromatic N) is 5. The maximum absolute atomic E-state index is 13.5. The third kappa shape index (κ3) is 7.50. The molecular formula is C31H44ClN5O4S. The first kappa shape index (κ1) is 31.3. The van der Waals surface area contributed by atoms with Crippen LogP contribution in [0, 0.1) is 6.92 Å². The molecule has 9 nitrogen and oxygen atoms in total. The van der Waals surface area contributed by atoms with E-state index >= 15 is 0 Å². The van der Waals surface area contributed by atoms with Gasteiger partial charge in [0.05, 0.1) is 18.5 Å². The number of hydrogen-bond acceptors (Lipinski definition) is 7. The predicted molar refractivity (Wildman–Crippen MR) is 164 cm³/mol. The summed E-state index contributed by atoms with van der Waals surface area (Å²) in [5.74, 6) is -0.0141. The number of halogens is 1. The minimum Gasteiger partial charge on any atom is -0.370 e. The van der Waals surface area contributed by atoms with E-state index in [1.165, 1.54) is 22.5 Å². The Hall–Kier alpha value is -2.11. The van der Waals surface area contributed by atoms with Crippen molar-refractivity contribution in [3.05, 3.63) is 58.1 Å². The van der Waals surface area contributed by atoms with Crippen molar-refractivity contribution in [3.63, 3.8) is 0 Å². The number of likely N-dealkylation sites (tertiary alicyclic amines) is 2. The highest BCUT2D eigenvalue weighted by atomic mass is 35.5. The molecule has 2 atom stereocenters. The van der Waals surface area contributed by atoms with Crippen molar-refractivity contribution in [2.75, 3.05) is 39.5 Å². The first-order valence-electron chi connectivity index (χ1n) is 15.3. The Morgan fingerprint density at radius 3 is 2.38 bits per heavy atom. The summed E-state index contributed by atoms with van der Waals surface area (Å²) in [5, 5.41) is 0.733. The summed E-state index contributed by atoms with van der Waals surface area (Å²) in [6.45, 7) is 5.15. The van der Waals surface area contributed by atoms with Crippen LogP contribution in [0.3, 0.4) is 0 Å². The number of carbonyl (C=O) groups is 1. The van der Waals surface area contributed by atoms with Crippen LogP contribution in [-0.4, -0.2) is 96.1 Å². The van der Waals surface area contributed by atoms with E-state index in [1.54, 1.807) is 7.05 Å². The van der Waals surface area contributed by atoms with E-state index < -0.39 is 10.0 Å². The van der Waals surface area contributed by atoms with Gasteiger partial charge in [-0.25, -0.2) is 22.7 Å². The number of carbonyl (C=O) groups excluding carboxylic acids is 1. The molecule has 0 spiro atoms. The lowest BCUT2D eigenvalue weighted by molar-refractivity contribution is -0.0547. The Labute approximate surface area is 255 Å². The lowest BCUT2D eigenvalue weighted by Gasteiger charge is -2.43. The second-order valence-electron chi connectivity index (χ2n) is 12.1. The summed E-state index contributed by atoms with van der Waals surface area (Å²) in [6.07, 6.45) is 11.4. The molecule has 4 heterocycles. The van der Waals surface area contributed by atoms with Crippen LogP contribution >= 0.6 is 11.6 Å². The zero-order valence-corrected chi connectivity index (χ0v) is 26.6. The Balaban J connectivity index is 1.11. The maximum atomic E-state index is 13.5. The van der Waals surface area contributed by atoms with Crippen molar-refractivity contribution in [2.45, 2.75) is 89.0 Å². The van der Waals surface area contributed by atoms with Crippen LogP contribution in [0.2, 0.25) is 5.02 Å². The number of ether oxygens (including phenoxy) is 1. The molecule has 0 aliphatic carbocycles. The van der Waals surface area contributed by atoms with Crippen molar-refractivity contribution in [1.82, 2.24) is 24.1 Å². The quantitative estimate of drug-likeness (QED) is 0.426. The summed E-state index contributed by atoms with van der Waals surface area (Å²) in [6, 6.07) is 8.43. The van der Waals surface area contributed by atoms with Crippen molar-refractivity contribution < 1.29 is 17.9 Å². The molecule has 3 aliphatic heterocycles. The summed E-state index contributed by atoms with van der Waals surface area (Å²) >= 11 is 6.06. The highest BCUT2D eigenvalue weighted by Gasteiger charge is 2.33. The van der Waals surface area contributed by atoms with E-state index in [-0.39, 0.29) is 24.2 Å². The SMILES string of the molecule is Cc1c(CC[C@H]2CCC[C@@H](c3ccc(Cl)cc3)O2)ncnc1C(=O)N1CCC(N2CCC(N(C)S(C)(=O)=O)CC2)CC1. The van der Waals surface area contributed by atoms with Crippen molar-refractivity contribution in [1.29, 1.82) is 0 Å². The van der Waals surface area contributed by atoms with Crippen LogP contribution in [0.25, 0.3) is 0 Å². The lowest BCUT2D eigenvalue weighted by Crippen LogP contribution is -2.52. The number of piperidine rings is 2. The number of sulfonamides is 1. The highest BCUT2D eigenvalue weighted by molar-refractivity contribution is 7.88. The number of amides is 1. The van der Waals surface area contributed by atoms with E-state index in [0.717, 1.165) is 87.2 Å². The predicted octanol–water partition coefficient (Wildman–Crippen LogP) is 4.64. The van der Waals surface area contributed by atoms with Gasteiger partial charge in [-0.2, -0.15) is 0 Å². The Kier molecular flexibility index (Phi) is 10.2. The molecule has 1 aromatic carbocycles. The Bertz CT molecular complexity index is 1330. The number of rotatable bonds is 8. The van der Waals surface area contributed by atoms with Crippen molar-refractivity contribution >= 4 is 27.5 Å². The van der Waals surface area contributed by atoms with Gasteiger partial charge in [0, 0.05) is 48.5 Å². The van der Waals surface area contributed by atoms with Crippen molar-refractivity contribution in [2.24, 2.45) is 0 Å². The fourth-order valence-electron chi connectivity index (χ4n) is 6.76. The molecule has 1 amide bonds. The smallest absolute Gasteiger partial charge is 0.272 e. The zero-order chi connectivity index (χ0) is 29.9. The first-order valence-corrected chi connectivity index (χ1v) is 17.5. The molecule has 1 aromatic heterocycles. The van der Waals surface area contributed by atoms with Crippen LogP contribution in [-0.2, 0) is 21.2 Å². The van der Waals surface area contributed by atoms with Crippen LogP contribution in [0.1, 0.15) is 84.8 Å². The molecule has 0 unspecified atom stereocenters. The fourth-order valence-corrected chi connectivity index (χ4v) is 7.63. The zero-order valence-electron chi connectivity index (χ0n) is 25.0. The van der Waals surface area contributed by atoms with E-state index in [2.05, 4.69) is 14.9 Å². The molecule has 5 rings (SSSR count). The number of benzene rings is 1. The van der Waals surface area contributed by atoms with Gasteiger partial charge in [-0.1, -0.05) is 23.7 Å². The average Bonchev–Trinajstić information content (AvgIpc) is 3.00. The van der Waals surface area contributed by atoms with Crippen molar-refractivity contribution in [3.8, 4) is 0 Å². The standard InChI is InChI=1S/C31H44ClN5O4S/c1-22-28(12-11-27-5-4-6-29(41-27)23-7-9-24(32)10-8-23)33-21-34-30(22)31(38)37-19-15-26(16-20-37)36-17-13-25(14-18-36)35(2)42(3,39)40/h7-10,21,25-27,29H,4-6,11-20H2,1-3H3/t27-,29+/m1/s1. The maximum Gasteiger partial charge on any atom is 0.272 e. The second kappa shape index (κ2) is 13.7. The normalized spacial score (nSPS) is 23.4. The molecule has 0 saturated carbocycles. The van der Waals surface area contributed by atoms with E-state index in [1.807, 2.05) is 36.1 Å². The molecule has 230 valence electrons. The molecule has 0 radical (unpaired) electrons. The summed E-state index contributed by atoms with van der Waals surface area (Å²) in [5.41, 5.74) is 3.46. The van der Waals surface area contributed by atoms with E-state index in [9.17, 15) is 13.2 Å². The van der Waals surface area contributed by atoms with Crippen LogP contribution < -0.4 is 0 Å². The highest BCUT2D eigenvalue weighted by Crippen LogP contribution is 2.33. The summed E-state index contributed by atoms with van der Waals surface area (Å²) in [7, 11) is -1.49. The van der Waals surface area contributed by atoms with Crippen LogP contribution in [0.4, 0.5) is 0 Å². The van der Waals surface area contributed by atoms with E-state index in [4.69, 9.17) is 16.3 Å². The van der Waals surface area contributed by atoms with Gasteiger partial charge < -0.3 is 14.5 Å². The molecule has 11 heteroatoms. The monoisotopic (exact) mass is 617 g/mol. The molecule has 3 fully saturated rings. The largest absolute Gasteiger partial charge is 0.370 e. The van der Waals surface area contributed by atoms with Gasteiger partial charge in [-0.05, 0) is 95.5 Å². The molecular weight excluding hydrogens is 574 g/mol. The lowest BCUT2D eigenvalue weighted by atomic mass is 9.95. The Morgan fingerprint density at radius 2 is 1.71 bits per heavy atom. The Morgan fingerprint density at radius 1 is 1.02 bits per heavy atom. The molecule has 3 saturated heterocycles. The number of aromatic nitrogens is 2. The summed E-state index contributed by atoms with van der Waals surface area (Å²) in [4.78, 5) is 26.9. The van der Waals surface area contributed by atoms with Crippen LogP contribution in [0.15, 0.2) is 30.6 Å². The van der Waals surface area contributed by atoms with Gasteiger partial charge in [-0.3, -0.25) is 4.79 Å². The van der Waals surface area contributed by atoms with Gasteiger partial charge in [-0.15, -0.1) is 0 Å². The molecule has 42 heavy (non-hydrogen) atoms. The minimum atomic E-state index is -3.17. The molecule has 3 aliphatic rings. The summed E-state index contributed by atoms with van der Waals surface area (Å²) < 4.78 is 31.8. The minimum absolute atomic E-state index is 0.0141. The van der Waals surface area contributed by atoms with Crippen LogP contribution in [0.5, 0.6) is 0 Å². The molecule has 2 aromatic rings. The van der Waals surface area contributed by atoms with Gasteiger partial charge >= 0.3 is 0 Å². The van der Waals surface area contributed by atoms with E-state index in [0.29, 0.717) is 24.8 Å². The third-order valence-electron chi connectivity index (χ3n) is 9.49.